The van der Waals surface area contributed by atoms with Gasteiger partial charge >= 0.3 is 0 Å². The first-order valence-corrected chi connectivity index (χ1v) is 9.75. The van der Waals surface area contributed by atoms with Gasteiger partial charge in [-0.2, -0.15) is 0 Å². The molecule has 1 fully saturated rings. The normalized spacial score (nSPS) is 15.0. The largest absolute Gasteiger partial charge is 0.379 e. The first-order chi connectivity index (χ1) is 13.3. The third-order valence-electron chi connectivity index (χ3n) is 4.40. The van der Waals surface area contributed by atoms with Crippen molar-refractivity contribution in [2.45, 2.75) is 0 Å². The number of aromatic nitrogens is 2. The zero-order valence-electron chi connectivity index (χ0n) is 14.9. The van der Waals surface area contributed by atoms with Gasteiger partial charge in [-0.05, 0) is 24.3 Å². The van der Waals surface area contributed by atoms with Crippen LogP contribution in [0.2, 0.25) is 0 Å². The minimum Gasteiger partial charge on any atom is -0.379 e. The maximum atomic E-state index is 12.3. The molecular weight excluding hydrogens is 362 g/mol. The summed E-state index contributed by atoms with van der Waals surface area (Å²) in [5, 5.41) is 7.96. The molecule has 0 bridgehead atoms. The molecule has 8 heteroatoms. The Hall–Kier alpha value is -2.55. The molecule has 1 saturated heterocycles. The van der Waals surface area contributed by atoms with E-state index in [1.165, 1.54) is 11.3 Å². The molecule has 2 aromatic heterocycles. The number of rotatable bonds is 6. The molecule has 0 aliphatic carbocycles. The van der Waals surface area contributed by atoms with Crippen LogP contribution >= 0.6 is 11.3 Å². The lowest BCUT2D eigenvalue weighted by atomic mass is 10.2. The molecule has 3 aromatic rings. The Morgan fingerprint density at radius 1 is 1.22 bits per heavy atom. The molecule has 0 atom stereocenters. The number of benzene rings is 1. The van der Waals surface area contributed by atoms with Crippen LogP contribution in [0.5, 0.6) is 0 Å². The molecule has 1 aliphatic heterocycles. The summed E-state index contributed by atoms with van der Waals surface area (Å²) < 4.78 is 5.33. The molecule has 140 valence electrons. The Bertz CT molecular complexity index is 923. The van der Waals surface area contributed by atoms with E-state index in [-0.39, 0.29) is 5.91 Å². The van der Waals surface area contributed by atoms with Gasteiger partial charge in [-0.3, -0.25) is 14.7 Å². The highest BCUT2D eigenvalue weighted by atomic mass is 32.1. The molecule has 0 saturated carbocycles. The number of fused-ring (bicyclic) bond motifs is 1. The topological polar surface area (TPSA) is 79.4 Å². The van der Waals surface area contributed by atoms with Crippen LogP contribution in [-0.2, 0) is 4.74 Å². The van der Waals surface area contributed by atoms with Gasteiger partial charge in [0.1, 0.15) is 4.88 Å². The van der Waals surface area contributed by atoms with Crippen LogP contribution in [0.15, 0.2) is 42.7 Å². The second-order valence-corrected chi connectivity index (χ2v) is 7.31. The number of morpholine rings is 1. The lowest BCUT2D eigenvalue weighted by Crippen LogP contribution is -2.41. The minimum absolute atomic E-state index is 0.0866. The Balaban J connectivity index is 1.32. The minimum atomic E-state index is -0.0866. The second kappa shape index (κ2) is 8.43. The zero-order chi connectivity index (χ0) is 18.5. The van der Waals surface area contributed by atoms with Gasteiger partial charge in [-0.15, -0.1) is 0 Å². The van der Waals surface area contributed by atoms with E-state index in [1.54, 1.807) is 12.4 Å². The summed E-state index contributed by atoms with van der Waals surface area (Å²) >= 11 is 1.34. The number of nitrogens with zero attached hydrogens (tertiary/aromatic N) is 3. The smallest absolute Gasteiger partial charge is 0.263 e. The van der Waals surface area contributed by atoms with E-state index >= 15 is 0 Å². The van der Waals surface area contributed by atoms with Crippen LogP contribution in [0, 0.1) is 0 Å². The SMILES string of the molecule is O=C(NCCN1CCOCC1)c1cnc(Nc2ccc3ncccc3c2)s1. The fraction of sp³-hybridized carbons (Fsp3) is 0.316. The van der Waals surface area contributed by atoms with Crippen LogP contribution in [-0.4, -0.2) is 60.2 Å². The highest BCUT2D eigenvalue weighted by Crippen LogP contribution is 2.24. The van der Waals surface area contributed by atoms with Crippen molar-refractivity contribution in [1.29, 1.82) is 0 Å². The lowest BCUT2D eigenvalue weighted by Gasteiger charge is -2.26. The number of pyridine rings is 1. The number of nitrogens with one attached hydrogen (secondary N) is 2. The first kappa shape index (κ1) is 17.8. The number of ether oxygens (including phenoxy) is 1. The Morgan fingerprint density at radius 2 is 2.11 bits per heavy atom. The van der Waals surface area contributed by atoms with Crippen LogP contribution in [0.1, 0.15) is 9.67 Å². The van der Waals surface area contributed by atoms with Gasteiger partial charge in [0.25, 0.3) is 5.91 Å². The van der Waals surface area contributed by atoms with E-state index in [1.807, 2.05) is 30.3 Å². The van der Waals surface area contributed by atoms with E-state index in [9.17, 15) is 4.79 Å². The summed E-state index contributed by atoms with van der Waals surface area (Å²) in [5.74, 6) is -0.0866. The van der Waals surface area contributed by atoms with Gasteiger partial charge in [-0.1, -0.05) is 17.4 Å². The van der Waals surface area contributed by atoms with Crippen molar-refractivity contribution in [2.75, 3.05) is 44.7 Å². The van der Waals surface area contributed by atoms with Crippen molar-refractivity contribution in [3.05, 3.63) is 47.6 Å². The molecular formula is C19H21N5O2S. The number of carbonyl (C=O) groups excluding carboxylic acids is 1. The van der Waals surface area contributed by atoms with E-state index in [0.29, 0.717) is 16.6 Å². The van der Waals surface area contributed by atoms with Crippen LogP contribution in [0.25, 0.3) is 10.9 Å². The van der Waals surface area contributed by atoms with Crippen molar-refractivity contribution in [1.82, 2.24) is 20.2 Å². The van der Waals surface area contributed by atoms with E-state index in [2.05, 4.69) is 25.5 Å². The summed E-state index contributed by atoms with van der Waals surface area (Å²) in [5.41, 5.74) is 1.87. The molecule has 0 unspecified atom stereocenters. The van der Waals surface area contributed by atoms with E-state index in [0.717, 1.165) is 49.4 Å². The number of hydrogen-bond acceptors (Lipinski definition) is 7. The maximum absolute atomic E-state index is 12.3. The summed E-state index contributed by atoms with van der Waals surface area (Å²) in [6.07, 6.45) is 3.39. The molecule has 3 heterocycles. The number of hydrogen-bond donors (Lipinski definition) is 2. The predicted octanol–water partition coefficient (Wildman–Crippen LogP) is 2.50. The van der Waals surface area contributed by atoms with Crippen LogP contribution in [0.3, 0.4) is 0 Å². The van der Waals surface area contributed by atoms with Crippen molar-refractivity contribution >= 4 is 39.0 Å². The Morgan fingerprint density at radius 3 is 3.00 bits per heavy atom. The summed E-state index contributed by atoms with van der Waals surface area (Å²) in [6, 6.07) is 9.87. The van der Waals surface area contributed by atoms with Gasteiger partial charge in [0.2, 0.25) is 0 Å². The molecule has 7 nitrogen and oxygen atoms in total. The van der Waals surface area contributed by atoms with Gasteiger partial charge in [0.05, 0.1) is 24.9 Å². The summed E-state index contributed by atoms with van der Waals surface area (Å²) in [7, 11) is 0. The Labute approximate surface area is 161 Å². The quantitative estimate of drug-likeness (QED) is 0.681. The number of amides is 1. The molecule has 27 heavy (non-hydrogen) atoms. The Kier molecular flexibility index (Phi) is 5.57. The van der Waals surface area contributed by atoms with Crippen molar-refractivity contribution < 1.29 is 9.53 Å². The molecule has 0 radical (unpaired) electrons. The third-order valence-corrected chi connectivity index (χ3v) is 5.31. The second-order valence-electron chi connectivity index (χ2n) is 6.28. The third kappa shape index (κ3) is 4.60. The number of carbonyl (C=O) groups is 1. The number of anilines is 2. The molecule has 0 spiro atoms. The molecule has 4 rings (SSSR count). The highest BCUT2D eigenvalue weighted by molar-refractivity contribution is 7.17. The first-order valence-electron chi connectivity index (χ1n) is 8.94. The molecule has 1 amide bonds. The molecule has 1 aromatic carbocycles. The van der Waals surface area contributed by atoms with Gasteiger partial charge in [0.15, 0.2) is 5.13 Å². The lowest BCUT2D eigenvalue weighted by molar-refractivity contribution is 0.0383. The standard InChI is InChI=1S/C19H21N5O2S/c25-18(21-6-7-24-8-10-26-11-9-24)17-13-22-19(27-17)23-15-3-4-16-14(12-15)2-1-5-20-16/h1-5,12-13H,6-11H2,(H,21,25)(H,22,23). The maximum Gasteiger partial charge on any atom is 0.263 e. The summed E-state index contributed by atoms with van der Waals surface area (Å²) in [4.78, 5) is 23.8. The van der Waals surface area contributed by atoms with Gasteiger partial charge < -0.3 is 15.4 Å². The predicted molar refractivity (Wildman–Crippen MR) is 107 cm³/mol. The van der Waals surface area contributed by atoms with E-state index in [4.69, 9.17) is 4.74 Å². The van der Waals surface area contributed by atoms with Gasteiger partial charge in [0, 0.05) is 43.4 Å². The van der Waals surface area contributed by atoms with Crippen molar-refractivity contribution in [3.63, 3.8) is 0 Å². The molecule has 1 aliphatic rings. The number of thiazole rings is 1. The fourth-order valence-electron chi connectivity index (χ4n) is 2.95. The monoisotopic (exact) mass is 383 g/mol. The average molecular weight is 383 g/mol. The van der Waals surface area contributed by atoms with Crippen LogP contribution in [0.4, 0.5) is 10.8 Å². The highest BCUT2D eigenvalue weighted by Gasteiger charge is 2.13. The average Bonchev–Trinajstić information content (AvgIpc) is 3.17. The van der Waals surface area contributed by atoms with Crippen LogP contribution < -0.4 is 10.6 Å². The van der Waals surface area contributed by atoms with Gasteiger partial charge in [-0.25, -0.2) is 4.98 Å². The van der Waals surface area contributed by atoms with E-state index < -0.39 is 0 Å². The summed E-state index contributed by atoms with van der Waals surface area (Å²) in [6.45, 7) is 4.84. The molecule has 2 N–H and O–H groups in total. The zero-order valence-corrected chi connectivity index (χ0v) is 15.7. The van der Waals surface area contributed by atoms with Crippen molar-refractivity contribution in [2.24, 2.45) is 0 Å². The van der Waals surface area contributed by atoms with Crippen molar-refractivity contribution in [3.8, 4) is 0 Å². The fourth-order valence-corrected chi connectivity index (χ4v) is 3.71.